The number of nitrogens with zero attached hydrogens (tertiary/aromatic N) is 2. The minimum atomic E-state index is 0.190. The van der Waals surface area contributed by atoms with E-state index in [1.54, 1.807) is 0 Å². The van der Waals surface area contributed by atoms with Crippen molar-refractivity contribution in [1.29, 1.82) is 0 Å². The Balaban J connectivity index is 2.07. The van der Waals surface area contributed by atoms with Gasteiger partial charge in [0.25, 0.3) is 5.35 Å². The molecule has 0 bridgehead atoms. The molecule has 2 aromatic rings. The molecule has 1 aromatic heterocycles. The molecule has 1 aromatic carbocycles. The Kier molecular flexibility index (Phi) is 2.46. The van der Waals surface area contributed by atoms with Gasteiger partial charge in [0, 0.05) is 13.1 Å². The van der Waals surface area contributed by atoms with Gasteiger partial charge in [0.15, 0.2) is 5.58 Å². The highest BCUT2D eigenvalue weighted by molar-refractivity contribution is 6.28. The summed E-state index contributed by atoms with van der Waals surface area (Å²) in [6.07, 6.45) is 0. The molecule has 1 aliphatic heterocycles. The van der Waals surface area contributed by atoms with Crippen LogP contribution in [0.3, 0.4) is 0 Å². The van der Waals surface area contributed by atoms with Crippen LogP contribution in [0.2, 0.25) is 5.35 Å². The lowest BCUT2D eigenvalue weighted by atomic mass is 10.2. The number of morpholine rings is 1. The molecule has 5 heteroatoms. The summed E-state index contributed by atoms with van der Waals surface area (Å²) in [6, 6.07) is 5.86. The van der Waals surface area contributed by atoms with Crippen molar-refractivity contribution in [3.05, 3.63) is 23.5 Å². The third-order valence-electron chi connectivity index (χ3n) is 2.72. The van der Waals surface area contributed by atoms with Crippen LogP contribution in [0.4, 0.5) is 5.69 Å². The SMILES string of the molecule is Clc1nc2c(N3CCOCC3)cccc2o1. The minimum Gasteiger partial charge on any atom is -0.427 e. The first kappa shape index (κ1) is 9.93. The number of hydrogen-bond acceptors (Lipinski definition) is 4. The zero-order valence-electron chi connectivity index (χ0n) is 8.65. The number of anilines is 1. The molecule has 1 saturated heterocycles. The normalized spacial score (nSPS) is 16.9. The molecule has 2 heterocycles. The highest BCUT2D eigenvalue weighted by atomic mass is 35.5. The van der Waals surface area contributed by atoms with E-state index in [0.29, 0.717) is 0 Å². The molecule has 3 rings (SSSR count). The molecular weight excluding hydrogens is 228 g/mol. The van der Waals surface area contributed by atoms with Crippen molar-refractivity contribution < 1.29 is 9.15 Å². The Bertz CT molecular complexity index is 506. The Morgan fingerprint density at radius 3 is 2.88 bits per heavy atom. The summed E-state index contributed by atoms with van der Waals surface area (Å²) >= 11 is 5.77. The highest BCUT2D eigenvalue weighted by Gasteiger charge is 2.16. The number of aromatic nitrogens is 1. The topological polar surface area (TPSA) is 38.5 Å². The second-order valence-electron chi connectivity index (χ2n) is 3.69. The molecule has 16 heavy (non-hydrogen) atoms. The third kappa shape index (κ3) is 1.64. The molecule has 1 fully saturated rings. The maximum atomic E-state index is 5.77. The second-order valence-corrected chi connectivity index (χ2v) is 4.01. The molecule has 0 atom stereocenters. The molecule has 84 valence electrons. The molecule has 0 aliphatic carbocycles. The molecule has 1 aliphatic rings. The van der Waals surface area contributed by atoms with Gasteiger partial charge in [-0.15, -0.1) is 0 Å². The molecule has 0 N–H and O–H groups in total. The van der Waals surface area contributed by atoms with Crippen molar-refractivity contribution in [1.82, 2.24) is 4.98 Å². The van der Waals surface area contributed by atoms with Gasteiger partial charge in [-0.25, -0.2) is 0 Å². The van der Waals surface area contributed by atoms with E-state index in [9.17, 15) is 0 Å². The Hall–Kier alpha value is -1.26. The Morgan fingerprint density at radius 2 is 2.06 bits per heavy atom. The average molecular weight is 239 g/mol. The zero-order valence-corrected chi connectivity index (χ0v) is 9.41. The van der Waals surface area contributed by atoms with Gasteiger partial charge in [0.2, 0.25) is 0 Å². The van der Waals surface area contributed by atoms with Crippen molar-refractivity contribution in [2.45, 2.75) is 0 Å². The van der Waals surface area contributed by atoms with E-state index >= 15 is 0 Å². The largest absolute Gasteiger partial charge is 0.427 e. The van der Waals surface area contributed by atoms with E-state index in [1.165, 1.54) is 0 Å². The van der Waals surface area contributed by atoms with Crippen LogP contribution >= 0.6 is 11.6 Å². The number of oxazole rings is 1. The van der Waals surface area contributed by atoms with Crippen LogP contribution in [-0.2, 0) is 4.74 Å². The van der Waals surface area contributed by atoms with Crippen molar-refractivity contribution >= 4 is 28.4 Å². The molecule has 4 nitrogen and oxygen atoms in total. The van der Waals surface area contributed by atoms with E-state index in [4.69, 9.17) is 20.8 Å². The first-order valence-electron chi connectivity index (χ1n) is 5.22. The first-order valence-corrected chi connectivity index (χ1v) is 5.60. The van der Waals surface area contributed by atoms with Crippen LogP contribution in [0.15, 0.2) is 22.6 Å². The van der Waals surface area contributed by atoms with Gasteiger partial charge >= 0.3 is 0 Å². The standard InChI is InChI=1S/C11H11ClN2O2/c12-11-13-10-8(2-1-3-9(10)16-11)14-4-6-15-7-5-14/h1-3H,4-7H2. The molecule has 0 saturated carbocycles. The molecular formula is C11H11ClN2O2. The highest BCUT2D eigenvalue weighted by Crippen LogP contribution is 2.28. The van der Waals surface area contributed by atoms with Crippen LogP contribution < -0.4 is 4.90 Å². The summed E-state index contributed by atoms with van der Waals surface area (Å²) in [7, 11) is 0. The summed E-state index contributed by atoms with van der Waals surface area (Å²) in [5.41, 5.74) is 2.62. The zero-order chi connectivity index (χ0) is 11.0. The van der Waals surface area contributed by atoms with Crippen molar-refractivity contribution in [2.24, 2.45) is 0 Å². The summed E-state index contributed by atoms with van der Waals surface area (Å²) in [4.78, 5) is 6.45. The summed E-state index contributed by atoms with van der Waals surface area (Å²) in [6.45, 7) is 3.26. The number of hydrogen-bond donors (Lipinski definition) is 0. The van der Waals surface area contributed by atoms with Gasteiger partial charge in [-0.3, -0.25) is 0 Å². The van der Waals surface area contributed by atoms with Crippen molar-refractivity contribution in [3.63, 3.8) is 0 Å². The van der Waals surface area contributed by atoms with Gasteiger partial charge in [0.05, 0.1) is 18.9 Å². The van der Waals surface area contributed by atoms with Crippen LogP contribution in [0, 0.1) is 0 Å². The Labute approximate surface area is 97.8 Å². The van der Waals surface area contributed by atoms with Gasteiger partial charge in [-0.1, -0.05) is 6.07 Å². The lowest BCUT2D eigenvalue weighted by molar-refractivity contribution is 0.123. The number of fused-ring (bicyclic) bond motifs is 1. The first-order chi connectivity index (χ1) is 7.84. The van der Waals surface area contributed by atoms with Crippen LogP contribution in [0.25, 0.3) is 11.1 Å². The van der Waals surface area contributed by atoms with E-state index in [2.05, 4.69) is 9.88 Å². The summed E-state index contributed by atoms with van der Waals surface area (Å²) in [5.74, 6) is 0. The predicted molar refractivity (Wildman–Crippen MR) is 62.1 cm³/mol. The second kappa shape index (κ2) is 3.96. The van der Waals surface area contributed by atoms with Gasteiger partial charge in [0.1, 0.15) is 5.52 Å². The van der Waals surface area contributed by atoms with Crippen molar-refractivity contribution in [3.8, 4) is 0 Å². The van der Waals surface area contributed by atoms with Crippen LogP contribution in [0.5, 0.6) is 0 Å². The predicted octanol–water partition coefficient (Wildman–Crippen LogP) is 2.32. The fourth-order valence-electron chi connectivity index (χ4n) is 1.97. The molecule has 0 radical (unpaired) electrons. The summed E-state index contributed by atoms with van der Waals surface area (Å²) < 4.78 is 10.6. The lowest BCUT2D eigenvalue weighted by Gasteiger charge is -2.28. The van der Waals surface area contributed by atoms with E-state index in [0.717, 1.165) is 43.1 Å². The van der Waals surface area contributed by atoms with Crippen LogP contribution in [-0.4, -0.2) is 31.3 Å². The minimum absolute atomic E-state index is 0.190. The quantitative estimate of drug-likeness (QED) is 0.764. The molecule has 0 unspecified atom stereocenters. The number of halogens is 1. The number of rotatable bonds is 1. The monoisotopic (exact) mass is 238 g/mol. The average Bonchev–Trinajstić information content (AvgIpc) is 2.70. The molecule has 0 spiro atoms. The molecule has 0 amide bonds. The third-order valence-corrected chi connectivity index (χ3v) is 2.89. The van der Waals surface area contributed by atoms with Gasteiger partial charge < -0.3 is 14.1 Å². The number of ether oxygens (including phenoxy) is 1. The number of para-hydroxylation sites is 1. The fraction of sp³-hybridized carbons (Fsp3) is 0.364. The number of benzene rings is 1. The van der Waals surface area contributed by atoms with Crippen LogP contribution in [0.1, 0.15) is 0 Å². The fourth-order valence-corrected chi connectivity index (χ4v) is 2.13. The maximum absolute atomic E-state index is 5.77. The maximum Gasteiger partial charge on any atom is 0.293 e. The van der Waals surface area contributed by atoms with Crippen molar-refractivity contribution in [2.75, 3.05) is 31.2 Å². The van der Waals surface area contributed by atoms with E-state index in [1.807, 2.05) is 18.2 Å². The lowest BCUT2D eigenvalue weighted by Crippen LogP contribution is -2.36. The van der Waals surface area contributed by atoms with E-state index < -0.39 is 0 Å². The summed E-state index contributed by atoms with van der Waals surface area (Å²) in [5, 5.41) is 0.190. The smallest absolute Gasteiger partial charge is 0.293 e. The van der Waals surface area contributed by atoms with E-state index in [-0.39, 0.29) is 5.35 Å². The van der Waals surface area contributed by atoms with Gasteiger partial charge in [-0.2, -0.15) is 4.98 Å². The van der Waals surface area contributed by atoms with Gasteiger partial charge in [-0.05, 0) is 23.7 Å². The Morgan fingerprint density at radius 1 is 1.25 bits per heavy atom.